The lowest BCUT2D eigenvalue weighted by Crippen LogP contribution is -2.51. The van der Waals surface area contributed by atoms with Crippen molar-refractivity contribution >= 4 is 54.8 Å². The first-order valence-electron chi connectivity index (χ1n) is 9.83. The number of hydrogen-bond acceptors (Lipinski definition) is 8. The SMILES string of the molecule is Cc1nc2c(cc(OCC(=O)N3CCN(C(=O)c4cnccn4)CC3)c3ccsc32)s1. The van der Waals surface area contributed by atoms with Crippen LogP contribution in [0.25, 0.3) is 20.3 Å². The summed E-state index contributed by atoms with van der Waals surface area (Å²) in [5.41, 5.74) is 1.31. The zero-order valence-corrected chi connectivity index (χ0v) is 18.4. The molecule has 1 saturated heterocycles. The summed E-state index contributed by atoms with van der Waals surface area (Å²) in [7, 11) is 0. The van der Waals surface area contributed by atoms with E-state index in [4.69, 9.17) is 4.74 Å². The Hall–Kier alpha value is -3.11. The first-order valence-corrected chi connectivity index (χ1v) is 11.5. The van der Waals surface area contributed by atoms with Gasteiger partial charge in [-0.2, -0.15) is 0 Å². The number of aromatic nitrogens is 3. The van der Waals surface area contributed by atoms with Gasteiger partial charge in [0.05, 0.1) is 26.1 Å². The predicted molar refractivity (Wildman–Crippen MR) is 120 cm³/mol. The largest absolute Gasteiger partial charge is 0.483 e. The van der Waals surface area contributed by atoms with Crippen LogP contribution >= 0.6 is 22.7 Å². The molecule has 0 atom stereocenters. The molecule has 158 valence electrons. The van der Waals surface area contributed by atoms with E-state index in [2.05, 4.69) is 15.0 Å². The first kappa shape index (κ1) is 19.8. The lowest BCUT2D eigenvalue weighted by Gasteiger charge is -2.34. The van der Waals surface area contributed by atoms with Crippen molar-refractivity contribution in [3.05, 3.63) is 46.8 Å². The Balaban J connectivity index is 1.23. The van der Waals surface area contributed by atoms with Crippen LogP contribution in [0.3, 0.4) is 0 Å². The van der Waals surface area contributed by atoms with E-state index in [1.807, 2.05) is 24.4 Å². The third-order valence-corrected chi connectivity index (χ3v) is 7.06. The maximum absolute atomic E-state index is 12.7. The Morgan fingerprint density at radius 1 is 1.16 bits per heavy atom. The van der Waals surface area contributed by atoms with Crippen LogP contribution in [0, 0.1) is 6.92 Å². The van der Waals surface area contributed by atoms with E-state index >= 15 is 0 Å². The predicted octanol–water partition coefficient (Wildman–Crippen LogP) is 2.97. The molecule has 0 radical (unpaired) electrons. The second-order valence-electron chi connectivity index (χ2n) is 7.17. The summed E-state index contributed by atoms with van der Waals surface area (Å²) in [5.74, 6) is 0.456. The van der Waals surface area contributed by atoms with Crippen molar-refractivity contribution in [2.75, 3.05) is 32.8 Å². The number of thiophene rings is 1. The summed E-state index contributed by atoms with van der Waals surface area (Å²) in [6.45, 7) is 3.81. The number of carbonyl (C=O) groups is 2. The molecule has 0 spiro atoms. The number of benzene rings is 1. The Bertz CT molecular complexity index is 1260. The van der Waals surface area contributed by atoms with E-state index in [-0.39, 0.29) is 18.4 Å². The topological polar surface area (TPSA) is 88.5 Å². The molecule has 0 aliphatic carbocycles. The van der Waals surface area contributed by atoms with Gasteiger partial charge < -0.3 is 14.5 Å². The number of nitrogens with zero attached hydrogens (tertiary/aromatic N) is 5. The van der Waals surface area contributed by atoms with Gasteiger partial charge in [-0.3, -0.25) is 14.6 Å². The molecule has 0 bridgehead atoms. The average molecular weight is 454 g/mol. The second kappa shape index (κ2) is 8.20. The fourth-order valence-electron chi connectivity index (χ4n) is 3.67. The van der Waals surface area contributed by atoms with Crippen molar-refractivity contribution in [1.29, 1.82) is 0 Å². The van der Waals surface area contributed by atoms with Crippen LogP contribution in [0.2, 0.25) is 0 Å². The summed E-state index contributed by atoms with van der Waals surface area (Å²) >= 11 is 3.25. The van der Waals surface area contributed by atoms with Gasteiger partial charge in [-0.25, -0.2) is 9.97 Å². The lowest BCUT2D eigenvalue weighted by atomic mass is 10.2. The van der Waals surface area contributed by atoms with Crippen LogP contribution in [0.1, 0.15) is 15.5 Å². The van der Waals surface area contributed by atoms with Gasteiger partial charge >= 0.3 is 0 Å². The van der Waals surface area contributed by atoms with Crippen molar-refractivity contribution in [2.45, 2.75) is 6.92 Å². The molecule has 1 aromatic carbocycles. The Kier molecular flexibility index (Phi) is 5.24. The Labute approximate surface area is 186 Å². The van der Waals surface area contributed by atoms with Crippen LogP contribution in [-0.2, 0) is 4.79 Å². The molecular weight excluding hydrogens is 434 g/mol. The molecule has 3 aromatic heterocycles. The number of rotatable bonds is 4. The Morgan fingerprint density at radius 2 is 1.97 bits per heavy atom. The summed E-state index contributed by atoms with van der Waals surface area (Å²) in [6, 6.07) is 3.98. The number of piperazine rings is 1. The normalized spacial score (nSPS) is 14.4. The van der Waals surface area contributed by atoms with Gasteiger partial charge in [-0.05, 0) is 18.4 Å². The summed E-state index contributed by atoms with van der Waals surface area (Å²) in [5, 5.41) is 4.00. The molecule has 1 fully saturated rings. The van der Waals surface area contributed by atoms with E-state index in [1.54, 1.807) is 32.5 Å². The van der Waals surface area contributed by atoms with E-state index < -0.39 is 0 Å². The van der Waals surface area contributed by atoms with Gasteiger partial charge in [0.15, 0.2) is 6.61 Å². The molecule has 5 rings (SSSR count). The maximum atomic E-state index is 12.7. The minimum absolute atomic E-state index is 0.0354. The first-order chi connectivity index (χ1) is 15.1. The zero-order valence-electron chi connectivity index (χ0n) is 16.8. The van der Waals surface area contributed by atoms with E-state index in [9.17, 15) is 9.59 Å². The number of fused-ring (bicyclic) bond motifs is 3. The molecule has 8 nitrogen and oxygen atoms in total. The number of amides is 2. The van der Waals surface area contributed by atoms with Crippen LogP contribution in [0.5, 0.6) is 5.75 Å². The molecule has 1 aliphatic heterocycles. The van der Waals surface area contributed by atoms with Crippen molar-refractivity contribution in [3.8, 4) is 5.75 Å². The molecule has 31 heavy (non-hydrogen) atoms. The zero-order chi connectivity index (χ0) is 21.4. The monoisotopic (exact) mass is 453 g/mol. The highest BCUT2D eigenvalue weighted by molar-refractivity contribution is 7.21. The van der Waals surface area contributed by atoms with Gasteiger partial charge in [-0.1, -0.05) is 0 Å². The third-order valence-electron chi connectivity index (χ3n) is 5.22. The summed E-state index contributed by atoms with van der Waals surface area (Å²) in [6.07, 6.45) is 4.49. The van der Waals surface area contributed by atoms with E-state index in [1.165, 1.54) is 18.6 Å². The fourth-order valence-corrected chi connectivity index (χ4v) is 5.50. The molecular formula is C21H19N5O3S2. The highest BCUT2D eigenvalue weighted by atomic mass is 32.1. The minimum atomic E-state index is -0.163. The fraction of sp³-hybridized carbons (Fsp3) is 0.286. The number of ether oxygens (including phenoxy) is 1. The Morgan fingerprint density at radius 3 is 2.74 bits per heavy atom. The van der Waals surface area contributed by atoms with Crippen molar-refractivity contribution in [2.24, 2.45) is 0 Å². The quantitative estimate of drug-likeness (QED) is 0.472. The molecule has 0 N–H and O–H groups in total. The summed E-state index contributed by atoms with van der Waals surface area (Å²) in [4.78, 5) is 41.3. The molecule has 4 aromatic rings. The number of carbonyl (C=O) groups excluding carboxylic acids is 2. The molecule has 4 heterocycles. The highest BCUT2D eigenvalue weighted by Crippen LogP contribution is 2.38. The van der Waals surface area contributed by atoms with Crippen LogP contribution in [0.4, 0.5) is 0 Å². The number of aryl methyl sites for hydroxylation is 1. The molecule has 2 amide bonds. The van der Waals surface area contributed by atoms with Crippen molar-refractivity contribution < 1.29 is 14.3 Å². The van der Waals surface area contributed by atoms with E-state index in [0.717, 1.165) is 25.3 Å². The molecule has 1 aliphatic rings. The van der Waals surface area contributed by atoms with Gasteiger partial charge in [0.2, 0.25) is 0 Å². The van der Waals surface area contributed by atoms with Crippen LogP contribution < -0.4 is 4.74 Å². The van der Waals surface area contributed by atoms with Gasteiger partial charge in [0.25, 0.3) is 11.8 Å². The average Bonchev–Trinajstić information content (AvgIpc) is 3.43. The van der Waals surface area contributed by atoms with Gasteiger partial charge in [-0.15, -0.1) is 22.7 Å². The molecule has 0 saturated carbocycles. The van der Waals surface area contributed by atoms with Crippen molar-refractivity contribution in [3.63, 3.8) is 0 Å². The maximum Gasteiger partial charge on any atom is 0.274 e. The molecule has 10 heteroatoms. The highest BCUT2D eigenvalue weighted by Gasteiger charge is 2.26. The number of thiazole rings is 1. The van der Waals surface area contributed by atoms with E-state index in [0.29, 0.717) is 37.6 Å². The van der Waals surface area contributed by atoms with Gasteiger partial charge in [0.1, 0.15) is 11.4 Å². The van der Waals surface area contributed by atoms with Crippen LogP contribution in [0.15, 0.2) is 36.1 Å². The minimum Gasteiger partial charge on any atom is -0.483 e. The number of hydrogen-bond donors (Lipinski definition) is 0. The van der Waals surface area contributed by atoms with Crippen LogP contribution in [-0.4, -0.2) is 69.4 Å². The standard InChI is InChI=1S/C21H19N5O3S2/c1-13-24-19-17(31-13)10-16(14-2-9-30-20(14)19)29-12-18(27)25-5-7-26(8-6-25)21(28)15-11-22-3-4-23-15/h2-4,9-11H,5-8,12H2,1H3. The van der Waals surface area contributed by atoms with Crippen molar-refractivity contribution in [1.82, 2.24) is 24.8 Å². The molecule has 0 unspecified atom stereocenters. The smallest absolute Gasteiger partial charge is 0.274 e. The lowest BCUT2D eigenvalue weighted by molar-refractivity contribution is -0.134. The second-order valence-corrected chi connectivity index (χ2v) is 9.32. The summed E-state index contributed by atoms with van der Waals surface area (Å²) < 4.78 is 8.09. The van der Waals surface area contributed by atoms with Gasteiger partial charge in [0, 0.05) is 50.0 Å². The third kappa shape index (κ3) is 3.84.